The minimum atomic E-state index is -0.483. The molecular weight excluding hydrogens is 234 g/mol. The van der Waals surface area contributed by atoms with Gasteiger partial charge in [-0.25, -0.2) is 0 Å². The van der Waals surface area contributed by atoms with Crippen molar-refractivity contribution in [1.29, 1.82) is 5.26 Å². The van der Waals surface area contributed by atoms with E-state index < -0.39 is 4.92 Å². The number of aliphatic hydroxyl groups excluding tert-OH is 1. The second kappa shape index (κ2) is 5.98. The highest BCUT2D eigenvalue weighted by atomic mass is 16.6. The van der Waals surface area contributed by atoms with Gasteiger partial charge in [0.25, 0.3) is 5.69 Å². The second-order valence-electron chi connectivity index (χ2n) is 4.08. The summed E-state index contributed by atoms with van der Waals surface area (Å²) in [6, 6.07) is 6.16. The average molecular weight is 249 g/mol. The van der Waals surface area contributed by atoms with E-state index in [9.17, 15) is 10.1 Å². The lowest BCUT2D eigenvalue weighted by Crippen LogP contribution is -2.33. The van der Waals surface area contributed by atoms with E-state index in [4.69, 9.17) is 10.4 Å². The summed E-state index contributed by atoms with van der Waals surface area (Å²) < 4.78 is 0. The summed E-state index contributed by atoms with van der Waals surface area (Å²) in [5.74, 6) is 0. The van der Waals surface area contributed by atoms with Crippen molar-refractivity contribution >= 4 is 11.4 Å². The lowest BCUT2D eigenvalue weighted by atomic mass is 10.1. The molecule has 0 atom stereocenters. The van der Waals surface area contributed by atoms with Gasteiger partial charge in [0.15, 0.2) is 0 Å². The fourth-order valence-corrected chi connectivity index (χ4v) is 1.74. The van der Waals surface area contributed by atoms with Crippen LogP contribution in [0.1, 0.15) is 19.4 Å². The largest absolute Gasteiger partial charge is 0.395 e. The standard InChI is InChI=1S/C12H15N3O3/c1-9(2)14(5-6-16)12-7-10(8-13)3-4-11(12)15(17)18/h3-4,7,9,16H,5-6H2,1-2H3. The van der Waals surface area contributed by atoms with Crippen LogP contribution < -0.4 is 4.90 Å². The number of nitriles is 1. The predicted octanol–water partition coefficient (Wildman–Crippen LogP) is 1.67. The third-order valence-corrected chi connectivity index (χ3v) is 2.57. The molecule has 0 aromatic heterocycles. The Morgan fingerprint density at radius 2 is 2.22 bits per heavy atom. The molecule has 0 fully saturated rings. The second-order valence-corrected chi connectivity index (χ2v) is 4.08. The van der Waals surface area contributed by atoms with Gasteiger partial charge in [0.2, 0.25) is 0 Å². The number of rotatable bonds is 5. The first-order valence-corrected chi connectivity index (χ1v) is 5.57. The molecule has 0 aliphatic heterocycles. The van der Waals surface area contributed by atoms with Gasteiger partial charge in [-0.1, -0.05) is 0 Å². The van der Waals surface area contributed by atoms with Gasteiger partial charge in [-0.05, 0) is 26.0 Å². The highest BCUT2D eigenvalue weighted by Crippen LogP contribution is 2.30. The molecule has 0 aliphatic rings. The first-order valence-electron chi connectivity index (χ1n) is 5.57. The van der Waals surface area contributed by atoms with E-state index in [0.29, 0.717) is 11.3 Å². The van der Waals surface area contributed by atoms with Gasteiger partial charge in [0.05, 0.1) is 23.2 Å². The molecule has 1 N–H and O–H groups in total. The lowest BCUT2D eigenvalue weighted by Gasteiger charge is -2.27. The zero-order chi connectivity index (χ0) is 13.7. The monoisotopic (exact) mass is 249 g/mol. The SMILES string of the molecule is CC(C)N(CCO)c1cc(C#N)ccc1[N+](=O)[O-]. The maximum absolute atomic E-state index is 11.0. The normalized spacial score (nSPS) is 10.2. The minimum Gasteiger partial charge on any atom is -0.395 e. The molecule has 18 heavy (non-hydrogen) atoms. The van der Waals surface area contributed by atoms with Crippen LogP contribution in [0.2, 0.25) is 0 Å². The molecule has 96 valence electrons. The number of nitro benzene ring substituents is 1. The number of hydrogen-bond acceptors (Lipinski definition) is 5. The van der Waals surface area contributed by atoms with Crippen molar-refractivity contribution in [3.8, 4) is 6.07 Å². The third-order valence-electron chi connectivity index (χ3n) is 2.57. The maximum Gasteiger partial charge on any atom is 0.292 e. The van der Waals surface area contributed by atoms with E-state index in [-0.39, 0.29) is 24.9 Å². The van der Waals surface area contributed by atoms with Crippen LogP contribution in [0.15, 0.2) is 18.2 Å². The molecule has 1 aromatic rings. The van der Waals surface area contributed by atoms with Crippen molar-refractivity contribution in [3.05, 3.63) is 33.9 Å². The van der Waals surface area contributed by atoms with Crippen LogP contribution in [-0.2, 0) is 0 Å². The summed E-state index contributed by atoms with van der Waals surface area (Å²) in [5, 5.41) is 28.9. The van der Waals surface area contributed by atoms with Crippen molar-refractivity contribution in [2.75, 3.05) is 18.1 Å². The molecule has 0 heterocycles. The number of hydrogen-bond donors (Lipinski definition) is 1. The minimum absolute atomic E-state index is 0.00945. The molecule has 0 saturated carbocycles. The molecule has 1 aromatic carbocycles. The zero-order valence-corrected chi connectivity index (χ0v) is 10.3. The van der Waals surface area contributed by atoms with Crippen LogP contribution in [0.3, 0.4) is 0 Å². The van der Waals surface area contributed by atoms with Gasteiger partial charge in [0.1, 0.15) is 5.69 Å². The van der Waals surface area contributed by atoms with Crippen LogP contribution >= 0.6 is 0 Å². The molecule has 1 rings (SSSR count). The third kappa shape index (κ3) is 2.96. The van der Waals surface area contributed by atoms with Crippen molar-refractivity contribution < 1.29 is 10.0 Å². The maximum atomic E-state index is 11.0. The summed E-state index contributed by atoms with van der Waals surface area (Å²) in [6.45, 7) is 3.93. The van der Waals surface area contributed by atoms with Crippen LogP contribution in [0.25, 0.3) is 0 Å². The first kappa shape index (κ1) is 13.9. The predicted molar refractivity (Wildman–Crippen MR) is 67.4 cm³/mol. The topological polar surface area (TPSA) is 90.4 Å². The highest BCUT2D eigenvalue weighted by molar-refractivity contribution is 5.66. The summed E-state index contributed by atoms with van der Waals surface area (Å²) in [7, 11) is 0. The van der Waals surface area contributed by atoms with Crippen LogP contribution in [0, 0.1) is 21.4 Å². The molecule has 0 bridgehead atoms. The van der Waals surface area contributed by atoms with Crippen LogP contribution in [0.4, 0.5) is 11.4 Å². The Balaban J connectivity index is 3.33. The van der Waals surface area contributed by atoms with Gasteiger partial charge in [-0.2, -0.15) is 5.26 Å². The number of anilines is 1. The van der Waals surface area contributed by atoms with E-state index >= 15 is 0 Å². The van der Waals surface area contributed by atoms with Crippen molar-refractivity contribution in [2.24, 2.45) is 0 Å². The summed E-state index contributed by atoms with van der Waals surface area (Å²) >= 11 is 0. The highest BCUT2D eigenvalue weighted by Gasteiger charge is 2.21. The van der Waals surface area contributed by atoms with Gasteiger partial charge in [0, 0.05) is 18.7 Å². The Hall–Kier alpha value is -2.13. The first-order chi connectivity index (χ1) is 8.51. The van der Waals surface area contributed by atoms with Gasteiger partial charge in [-0.3, -0.25) is 10.1 Å². The van der Waals surface area contributed by atoms with Crippen molar-refractivity contribution in [2.45, 2.75) is 19.9 Å². The Kier molecular flexibility index (Phi) is 4.63. The molecule has 0 saturated heterocycles. The molecular formula is C12H15N3O3. The average Bonchev–Trinajstić information content (AvgIpc) is 2.34. The van der Waals surface area contributed by atoms with E-state index in [0.717, 1.165) is 0 Å². The molecule has 6 heteroatoms. The van der Waals surface area contributed by atoms with E-state index in [1.165, 1.54) is 18.2 Å². The molecule has 0 aliphatic carbocycles. The zero-order valence-electron chi connectivity index (χ0n) is 10.3. The number of nitro groups is 1. The molecule has 0 radical (unpaired) electrons. The summed E-state index contributed by atoms with van der Waals surface area (Å²) in [4.78, 5) is 12.2. The van der Waals surface area contributed by atoms with Crippen LogP contribution in [-0.4, -0.2) is 29.2 Å². The molecule has 0 amide bonds. The number of aliphatic hydroxyl groups is 1. The fourth-order valence-electron chi connectivity index (χ4n) is 1.74. The smallest absolute Gasteiger partial charge is 0.292 e. The van der Waals surface area contributed by atoms with Gasteiger partial charge < -0.3 is 10.0 Å². The Morgan fingerprint density at radius 1 is 1.56 bits per heavy atom. The molecule has 6 nitrogen and oxygen atoms in total. The Bertz CT molecular complexity index is 480. The Morgan fingerprint density at radius 3 is 2.67 bits per heavy atom. The summed E-state index contributed by atoms with van der Waals surface area (Å²) in [6.07, 6.45) is 0. The summed E-state index contributed by atoms with van der Waals surface area (Å²) in [5.41, 5.74) is 0.665. The number of benzene rings is 1. The van der Waals surface area contributed by atoms with E-state index in [2.05, 4.69) is 0 Å². The van der Waals surface area contributed by atoms with Crippen LogP contribution in [0.5, 0.6) is 0 Å². The van der Waals surface area contributed by atoms with Crippen molar-refractivity contribution in [1.82, 2.24) is 0 Å². The van der Waals surface area contributed by atoms with E-state index in [1.54, 1.807) is 4.90 Å². The van der Waals surface area contributed by atoms with Gasteiger partial charge >= 0.3 is 0 Å². The molecule has 0 unspecified atom stereocenters. The quantitative estimate of drug-likeness (QED) is 0.633. The van der Waals surface area contributed by atoms with E-state index in [1.807, 2.05) is 19.9 Å². The number of nitrogens with zero attached hydrogens (tertiary/aromatic N) is 3. The van der Waals surface area contributed by atoms with Gasteiger partial charge in [-0.15, -0.1) is 0 Å². The lowest BCUT2D eigenvalue weighted by molar-refractivity contribution is -0.384. The fraction of sp³-hybridized carbons (Fsp3) is 0.417. The Labute approximate surface area is 105 Å². The van der Waals surface area contributed by atoms with Crippen molar-refractivity contribution in [3.63, 3.8) is 0 Å². The molecule has 0 spiro atoms.